The van der Waals surface area contributed by atoms with Gasteiger partial charge in [0.1, 0.15) is 0 Å². The number of carbonyl (C=O) groups is 2. The van der Waals surface area contributed by atoms with E-state index in [-0.39, 0.29) is 11.7 Å². The topological polar surface area (TPSA) is 46.2 Å². The Morgan fingerprint density at radius 3 is 2.29 bits per heavy atom. The molecule has 0 aliphatic heterocycles. The van der Waals surface area contributed by atoms with Crippen molar-refractivity contribution in [2.45, 2.75) is 6.92 Å². The standard InChI is InChI=1S/C18H17NO2/c1-3-12-19-18(21)16-7-5-4-6-15(16)17(20)14-10-8-13(2)9-11-14/h3-11H,1,12H2,2H3,(H,19,21). The summed E-state index contributed by atoms with van der Waals surface area (Å²) in [6.07, 6.45) is 1.60. The van der Waals surface area contributed by atoms with Crippen LogP contribution in [-0.4, -0.2) is 18.2 Å². The van der Waals surface area contributed by atoms with Crippen LogP contribution in [0.5, 0.6) is 0 Å². The smallest absolute Gasteiger partial charge is 0.252 e. The lowest BCUT2D eigenvalue weighted by Crippen LogP contribution is -2.25. The van der Waals surface area contributed by atoms with E-state index < -0.39 is 0 Å². The van der Waals surface area contributed by atoms with Gasteiger partial charge in [-0.2, -0.15) is 0 Å². The molecule has 2 aromatic carbocycles. The van der Waals surface area contributed by atoms with E-state index >= 15 is 0 Å². The van der Waals surface area contributed by atoms with E-state index in [1.54, 1.807) is 42.5 Å². The van der Waals surface area contributed by atoms with Crippen LogP contribution in [-0.2, 0) is 0 Å². The SMILES string of the molecule is C=CCNC(=O)c1ccccc1C(=O)c1ccc(C)cc1. The van der Waals surface area contributed by atoms with Gasteiger partial charge in [0, 0.05) is 17.7 Å². The molecular weight excluding hydrogens is 262 g/mol. The van der Waals surface area contributed by atoms with Crippen molar-refractivity contribution in [1.29, 1.82) is 0 Å². The minimum absolute atomic E-state index is 0.153. The molecule has 2 rings (SSSR count). The van der Waals surface area contributed by atoms with Crippen LogP contribution in [0.15, 0.2) is 61.2 Å². The van der Waals surface area contributed by atoms with Crippen LogP contribution in [0.25, 0.3) is 0 Å². The average Bonchev–Trinajstić information content (AvgIpc) is 2.52. The van der Waals surface area contributed by atoms with Gasteiger partial charge in [0.15, 0.2) is 5.78 Å². The Hall–Kier alpha value is -2.68. The molecule has 3 heteroatoms. The lowest BCUT2D eigenvalue weighted by atomic mass is 9.97. The molecule has 0 atom stereocenters. The summed E-state index contributed by atoms with van der Waals surface area (Å²) in [7, 11) is 0. The average molecular weight is 279 g/mol. The monoisotopic (exact) mass is 279 g/mol. The first kappa shape index (κ1) is 14.7. The molecule has 106 valence electrons. The van der Waals surface area contributed by atoms with Crippen molar-refractivity contribution in [2.24, 2.45) is 0 Å². The molecule has 0 spiro atoms. The van der Waals surface area contributed by atoms with Crippen LogP contribution >= 0.6 is 0 Å². The Morgan fingerprint density at radius 1 is 1.05 bits per heavy atom. The molecule has 0 aliphatic carbocycles. The maximum atomic E-state index is 12.6. The van der Waals surface area contributed by atoms with Crippen LogP contribution in [0.1, 0.15) is 31.8 Å². The predicted molar refractivity (Wildman–Crippen MR) is 83.6 cm³/mol. The normalized spacial score (nSPS) is 9.95. The Balaban J connectivity index is 2.35. The van der Waals surface area contributed by atoms with Gasteiger partial charge in [0.05, 0.1) is 5.56 Å². The molecule has 0 radical (unpaired) electrons. The molecule has 0 saturated carbocycles. The highest BCUT2D eigenvalue weighted by Gasteiger charge is 2.17. The molecule has 0 heterocycles. The summed E-state index contributed by atoms with van der Waals surface area (Å²) in [5.74, 6) is -0.426. The van der Waals surface area contributed by atoms with Gasteiger partial charge >= 0.3 is 0 Å². The summed E-state index contributed by atoms with van der Waals surface area (Å²) in [6.45, 7) is 5.89. The number of aryl methyl sites for hydroxylation is 1. The Kier molecular flexibility index (Phi) is 4.67. The lowest BCUT2D eigenvalue weighted by Gasteiger charge is -2.08. The van der Waals surface area contributed by atoms with E-state index in [0.29, 0.717) is 23.2 Å². The van der Waals surface area contributed by atoms with Gasteiger partial charge in [0.25, 0.3) is 5.91 Å². The third-order valence-corrected chi connectivity index (χ3v) is 3.14. The van der Waals surface area contributed by atoms with Crippen LogP contribution in [0.2, 0.25) is 0 Å². The predicted octanol–water partition coefficient (Wildman–Crippen LogP) is 3.14. The molecule has 1 amide bonds. The van der Waals surface area contributed by atoms with Crippen molar-refractivity contribution in [1.82, 2.24) is 5.32 Å². The van der Waals surface area contributed by atoms with Crippen molar-refractivity contribution in [3.05, 3.63) is 83.4 Å². The summed E-state index contributed by atoms with van der Waals surface area (Å²) in [5.41, 5.74) is 2.45. The van der Waals surface area contributed by atoms with Crippen molar-refractivity contribution >= 4 is 11.7 Å². The second kappa shape index (κ2) is 6.66. The highest BCUT2D eigenvalue weighted by atomic mass is 16.2. The van der Waals surface area contributed by atoms with Gasteiger partial charge in [-0.05, 0) is 13.0 Å². The highest BCUT2D eigenvalue weighted by Crippen LogP contribution is 2.15. The molecule has 1 N–H and O–H groups in total. The zero-order valence-corrected chi connectivity index (χ0v) is 11.9. The quantitative estimate of drug-likeness (QED) is 0.675. The largest absolute Gasteiger partial charge is 0.349 e. The fourth-order valence-electron chi connectivity index (χ4n) is 2.00. The number of hydrogen-bond acceptors (Lipinski definition) is 2. The summed E-state index contributed by atoms with van der Waals surface area (Å²) < 4.78 is 0. The number of hydrogen-bond donors (Lipinski definition) is 1. The lowest BCUT2D eigenvalue weighted by molar-refractivity contribution is 0.0946. The van der Waals surface area contributed by atoms with Gasteiger partial charge in [-0.15, -0.1) is 6.58 Å². The molecule has 0 saturated heterocycles. The second-order valence-corrected chi connectivity index (χ2v) is 4.74. The third kappa shape index (κ3) is 3.45. The van der Waals surface area contributed by atoms with Gasteiger partial charge in [0.2, 0.25) is 0 Å². The highest BCUT2D eigenvalue weighted by molar-refractivity contribution is 6.15. The van der Waals surface area contributed by atoms with Crippen LogP contribution in [0.4, 0.5) is 0 Å². The Morgan fingerprint density at radius 2 is 1.67 bits per heavy atom. The van der Waals surface area contributed by atoms with E-state index in [9.17, 15) is 9.59 Å². The summed E-state index contributed by atoms with van der Waals surface area (Å²) in [4.78, 5) is 24.7. The minimum Gasteiger partial charge on any atom is -0.349 e. The molecule has 0 bridgehead atoms. The van der Waals surface area contributed by atoms with Crippen LogP contribution in [0.3, 0.4) is 0 Å². The number of nitrogens with one attached hydrogen (secondary N) is 1. The van der Waals surface area contributed by atoms with Crippen molar-refractivity contribution in [2.75, 3.05) is 6.54 Å². The van der Waals surface area contributed by atoms with E-state index in [2.05, 4.69) is 11.9 Å². The van der Waals surface area contributed by atoms with Gasteiger partial charge in [-0.25, -0.2) is 0 Å². The number of carbonyl (C=O) groups excluding carboxylic acids is 2. The summed E-state index contributed by atoms with van der Waals surface area (Å²) >= 11 is 0. The van der Waals surface area contributed by atoms with E-state index in [4.69, 9.17) is 0 Å². The van der Waals surface area contributed by atoms with E-state index in [0.717, 1.165) is 5.56 Å². The van der Waals surface area contributed by atoms with Gasteiger partial charge in [-0.3, -0.25) is 9.59 Å². The molecule has 0 fully saturated rings. The molecule has 2 aromatic rings. The van der Waals surface area contributed by atoms with Crippen LogP contribution < -0.4 is 5.32 Å². The molecule has 3 nitrogen and oxygen atoms in total. The maximum Gasteiger partial charge on any atom is 0.252 e. The second-order valence-electron chi connectivity index (χ2n) is 4.74. The first-order valence-corrected chi connectivity index (χ1v) is 6.73. The van der Waals surface area contributed by atoms with Crippen molar-refractivity contribution < 1.29 is 9.59 Å². The fraction of sp³-hybridized carbons (Fsp3) is 0.111. The fourth-order valence-corrected chi connectivity index (χ4v) is 2.00. The minimum atomic E-state index is -0.272. The molecule has 0 aromatic heterocycles. The maximum absolute atomic E-state index is 12.6. The first-order valence-electron chi connectivity index (χ1n) is 6.73. The molecule has 21 heavy (non-hydrogen) atoms. The number of rotatable bonds is 5. The van der Waals surface area contributed by atoms with Crippen LogP contribution in [0, 0.1) is 6.92 Å². The van der Waals surface area contributed by atoms with Crippen molar-refractivity contribution in [3.8, 4) is 0 Å². The van der Waals surface area contributed by atoms with Crippen molar-refractivity contribution in [3.63, 3.8) is 0 Å². The van der Waals surface area contributed by atoms with E-state index in [1.165, 1.54) is 0 Å². The number of ketones is 1. The number of amides is 1. The first-order chi connectivity index (χ1) is 10.1. The Labute approximate surface area is 124 Å². The zero-order valence-electron chi connectivity index (χ0n) is 11.9. The summed E-state index contributed by atoms with van der Waals surface area (Å²) in [6, 6.07) is 14.1. The molecule has 0 unspecified atom stereocenters. The molecular formula is C18H17NO2. The van der Waals surface area contributed by atoms with Gasteiger partial charge < -0.3 is 5.32 Å². The van der Waals surface area contributed by atoms with E-state index in [1.807, 2.05) is 19.1 Å². The summed E-state index contributed by atoms with van der Waals surface area (Å²) in [5, 5.41) is 2.70. The zero-order chi connectivity index (χ0) is 15.2. The third-order valence-electron chi connectivity index (χ3n) is 3.14. The molecule has 0 aliphatic rings. The van der Waals surface area contributed by atoms with Gasteiger partial charge in [-0.1, -0.05) is 54.1 Å². The Bertz CT molecular complexity index is 672. The number of benzene rings is 2.